The fraction of sp³-hybridized carbons (Fsp3) is 0.357. The van der Waals surface area contributed by atoms with E-state index in [1.165, 1.54) is 10.4 Å². The van der Waals surface area contributed by atoms with E-state index in [2.05, 4.69) is 22.4 Å². The van der Waals surface area contributed by atoms with Crippen LogP contribution in [0.1, 0.15) is 21.5 Å². The Morgan fingerprint density at radius 2 is 2.06 bits per heavy atom. The Morgan fingerprint density at radius 1 is 1.33 bits per heavy atom. The SMILES string of the molecule is CNC(Cc1ccc(OC)cc1)c1cnc(C)s1. The Bertz CT molecular complexity index is 493. The number of hydrogen-bond acceptors (Lipinski definition) is 4. The minimum atomic E-state index is 0.324. The number of likely N-dealkylation sites (N-methyl/N-ethyl adjacent to an activating group) is 1. The van der Waals surface area contributed by atoms with Crippen molar-refractivity contribution in [2.75, 3.05) is 14.2 Å². The summed E-state index contributed by atoms with van der Waals surface area (Å²) in [7, 11) is 3.68. The molecule has 4 heteroatoms. The molecule has 1 N–H and O–H groups in total. The van der Waals surface area contributed by atoms with Gasteiger partial charge in [0.25, 0.3) is 0 Å². The van der Waals surface area contributed by atoms with E-state index in [1.807, 2.05) is 32.3 Å². The molecule has 0 amide bonds. The fourth-order valence-electron chi connectivity index (χ4n) is 1.88. The Labute approximate surface area is 112 Å². The van der Waals surface area contributed by atoms with Crippen LogP contribution < -0.4 is 10.1 Å². The molecule has 0 radical (unpaired) electrons. The summed E-state index contributed by atoms with van der Waals surface area (Å²) >= 11 is 1.75. The summed E-state index contributed by atoms with van der Waals surface area (Å²) in [4.78, 5) is 5.60. The number of aryl methyl sites for hydroxylation is 1. The number of hydrogen-bond donors (Lipinski definition) is 1. The van der Waals surface area contributed by atoms with Crippen LogP contribution in [0.5, 0.6) is 5.75 Å². The highest BCUT2D eigenvalue weighted by Crippen LogP contribution is 2.24. The van der Waals surface area contributed by atoms with Crippen LogP contribution >= 0.6 is 11.3 Å². The first-order chi connectivity index (χ1) is 8.72. The average molecular weight is 262 g/mol. The summed E-state index contributed by atoms with van der Waals surface area (Å²) < 4.78 is 5.16. The third-order valence-corrected chi connectivity index (χ3v) is 3.96. The standard InChI is InChI=1S/C14H18N2OS/c1-10-16-9-14(18-10)13(15-2)8-11-4-6-12(17-3)7-5-11/h4-7,9,13,15H,8H2,1-3H3. The van der Waals surface area contributed by atoms with Crippen molar-refractivity contribution in [3.63, 3.8) is 0 Å². The summed E-state index contributed by atoms with van der Waals surface area (Å²) in [6, 6.07) is 8.54. The fourth-order valence-corrected chi connectivity index (χ4v) is 2.78. The molecule has 2 rings (SSSR count). The van der Waals surface area contributed by atoms with Gasteiger partial charge in [-0.3, -0.25) is 0 Å². The highest BCUT2D eigenvalue weighted by Gasteiger charge is 2.12. The van der Waals surface area contributed by atoms with Gasteiger partial charge in [-0.1, -0.05) is 12.1 Å². The second-order valence-corrected chi connectivity index (χ2v) is 5.44. The van der Waals surface area contributed by atoms with Crippen LogP contribution in [0.2, 0.25) is 0 Å². The van der Waals surface area contributed by atoms with Gasteiger partial charge in [-0.15, -0.1) is 11.3 Å². The minimum absolute atomic E-state index is 0.324. The predicted molar refractivity (Wildman–Crippen MR) is 75.3 cm³/mol. The first-order valence-electron chi connectivity index (χ1n) is 5.95. The molecule has 1 heterocycles. The lowest BCUT2D eigenvalue weighted by Crippen LogP contribution is -2.17. The molecular weight excluding hydrogens is 244 g/mol. The van der Waals surface area contributed by atoms with Gasteiger partial charge < -0.3 is 10.1 Å². The second-order valence-electron chi connectivity index (χ2n) is 4.18. The number of ether oxygens (including phenoxy) is 1. The zero-order chi connectivity index (χ0) is 13.0. The summed E-state index contributed by atoms with van der Waals surface area (Å²) in [6.07, 6.45) is 2.92. The van der Waals surface area contributed by atoms with E-state index in [4.69, 9.17) is 4.74 Å². The van der Waals surface area contributed by atoms with Gasteiger partial charge in [-0.05, 0) is 38.1 Å². The number of rotatable bonds is 5. The first-order valence-corrected chi connectivity index (χ1v) is 6.77. The first kappa shape index (κ1) is 13.1. The van der Waals surface area contributed by atoms with Crippen LogP contribution in [0.4, 0.5) is 0 Å². The van der Waals surface area contributed by atoms with E-state index in [0.717, 1.165) is 17.2 Å². The Kier molecular flexibility index (Phi) is 4.33. The molecule has 0 aliphatic rings. The number of methoxy groups -OCH3 is 1. The molecule has 18 heavy (non-hydrogen) atoms. The van der Waals surface area contributed by atoms with Crippen LogP contribution in [0.25, 0.3) is 0 Å². The monoisotopic (exact) mass is 262 g/mol. The Balaban J connectivity index is 2.10. The van der Waals surface area contributed by atoms with Crippen molar-refractivity contribution in [3.8, 4) is 5.75 Å². The number of nitrogens with one attached hydrogen (secondary N) is 1. The normalized spacial score (nSPS) is 12.4. The van der Waals surface area contributed by atoms with Crippen LogP contribution in [0.3, 0.4) is 0 Å². The van der Waals surface area contributed by atoms with E-state index in [9.17, 15) is 0 Å². The Hall–Kier alpha value is -1.39. The lowest BCUT2D eigenvalue weighted by Gasteiger charge is -2.14. The molecule has 96 valence electrons. The number of aromatic nitrogens is 1. The van der Waals surface area contributed by atoms with Gasteiger partial charge in [0.2, 0.25) is 0 Å². The third-order valence-electron chi connectivity index (χ3n) is 2.93. The van der Waals surface area contributed by atoms with Crippen LogP contribution in [0, 0.1) is 6.92 Å². The summed E-state index contributed by atoms with van der Waals surface area (Å²) in [5, 5.41) is 4.46. The van der Waals surface area contributed by atoms with Gasteiger partial charge in [0.1, 0.15) is 5.75 Å². The van der Waals surface area contributed by atoms with E-state index < -0.39 is 0 Å². The summed E-state index contributed by atoms with van der Waals surface area (Å²) in [5.41, 5.74) is 1.29. The van der Waals surface area contributed by atoms with E-state index in [1.54, 1.807) is 18.4 Å². The van der Waals surface area contributed by atoms with Crippen LogP contribution in [-0.4, -0.2) is 19.1 Å². The highest BCUT2D eigenvalue weighted by molar-refractivity contribution is 7.11. The van der Waals surface area contributed by atoms with E-state index in [-0.39, 0.29) is 0 Å². The smallest absolute Gasteiger partial charge is 0.118 e. The molecule has 0 saturated carbocycles. The molecule has 0 bridgehead atoms. The highest BCUT2D eigenvalue weighted by atomic mass is 32.1. The van der Waals surface area contributed by atoms with Gasteiger partial charge in [0, 0.05) is 17.1 Å². The molecule has 0 spiro atoms. The lowest BCUT2D eigenvalue weighted by molar-refractivity contribution is 0.414. The number of benzene rings is 1. The third kappa shape index (κ3) is 3.09. The van der Waals surface area contributed by atoms with Gasteiger partial charge in [0.05, 0.1) is 12.1 Å². The maximum Gasteiger partial charge on any atom is 0.118 e. The number of nitrogens with zero attached hydrogens (tertiary/aromatic N) is 1. The second kappa shape index (κ2) is 5.98. The molecule has 3 nitrogen and oxygen atoms in total. The molecular formula is C14H18N2OS. The van der Waals surface area contributed by atoms with Gasteiger partial charge in [-0.25, -0.2) is 4.98 Å². The quantitative estimate of drug-likeness (QED) is 0.899. The molecule has 1 atom stereocenters. The largest absolute Gasteiger partial charge is 0.497 e. The predicted octanol–water partition coefficient (Wildman–Crippen LogP) is 2.96. The van der Waals surface area contributed by atoms with Crippen molar-refractivity contribution in [2.45, 2.75) is 19.4 Å². The zero-order valence-corrected chi connectivity index (χ0v) is 11.8. The van der Waals surface area contributed by atoms with E-state index in [0.29, 0.717) is 6.04 Å². The number of thiazole rings is 1. The molecule has 0 aliphatic heterocycles. The molecule has 0 aliphatic carbocycles. The van der Waals surface area contributed by atoms with Crippen molar-refractivity contribution in [2.24, 2.45) is 0 Å². The molecule has 1 unspecified atom stereocenters. The topological polar surface area (TPSA) is 34.1 Å². The molecule has 1 aromatic carbocycles. The molecule has 0 fully saturated rings. The van der Waals surface area contributed by atoms with Crippen molar-refractivity contribution in [3.05, 3.63) is 45.9 Å². The molecule has 0 saturated heterocycles. The van der Waals surface area contributed by atoms with Gasteiger partial charge in [0.15, 0.2) is 0 Å². The van der Waals surface area contributed by atoms with Crippen molar-refractivity contribution in [1.82, 2.24) is 10.3 Å². The van der Waals surface area contributed by atoms with Crippen LogP contribution in [-0.2, 0) is 6.42 Å². The Morgan fingerprint density at radius 3 is 2.56 bits per heavy atom. The molecule has 1 aromatic heterocycles. The summed E-state index contributed by atoms with van der Waals surface area (Å²) in [5.74, 6) is 0.897. The zero-order valence-electron chi connectivity index (χ0n) is 10.9. The average Bonchev–Trinajstić information content (AvgIpc) is 2.83. The van der Waals surface area contributed by atoms with Crippen LogP contribution in [0.15, 0.2) is 30.5 Å². The maximum absolute atomic E-state index is 5.16. The van der Waals surface area contributed by atoms with Gasteiger partial charge in [-0.2, -0.15) is 0 Å². The van der Waals surface area contributed by atoms with Crippen molar-refractivity contribution < 1.29 is 4.74 Å². The van der Waals surface area contributed by atoms with Crippen molar-refractivity contribution >= 4 is 11.3 Å². The summed E-state index contributed by atoms with van der Waals surface area (Å²) in [6.45, 7) is 2.04. The minimum Gasteiger partial charge on any atom is -0.497 e. The van der Waals surface area contributed by atoms with E-state index >= 15 is 0 Å². The molecule has 2 aromatic rings. The lowest BCUT2D eigenvalue weighted by atomic mass is 10.1. The van der Waals surface area contributed by atoms with Crippen molar-refractivity contribution in [1.29, 1.82) is 0 Å². The maximum atomic E-state index is 5.16. The van der Waals surface area contributed by atoms with Gasteiger partial charge >= 0.3 is 0 Å².